The Bertz CT molecular complexity index is 816. The van der Waals surface area contributed by atoms with Crippen LogP contribution in [-0.4, -0.2) is 41.9 Å². The normalized spacial score (nSPS) is 18.1. The number of hydrogen-bond acceptors (Lipinski definition) is 2. The van der Waals surface area contributed by atoms with Gasteiger partial charge in [0.15, 0.2) is 0 Å². The van der Waals surface area contributed by atoms with Gasteiger partial charge in [0.25, 0.3) is 5.91 Å². The maximum Gasteiger partial charge on any atom is 0.254 e. The Labute approximate surface area is 164 Å². The number of amides is 1. The van der Waals surface area contributed by atoms with E-state index in [4.69, 9.17) is 11.6 Å². The second kappa shape index (κ2) is 7.99. The molecule has 0 aromatic heterocycles. The number of benzene rings is 2. The third-order valence-electron chi connectivity index (χ3n) is 5.76. The fourth-order valence-corrected chi connectivity index (χ4v) is 4.33. The van der Waals surface area contributed by atoms with E-state index in [1.54, 1.807) is 6.07 Å². The van der Waals surface area contributed by atoms with Crippen LogP contribution in [0.5, 0.6) is 0 Å². The van der Waals surface area contributed by atoms with E-state index in [1.807, 2.05) is 29.2 Å². The molecule has 2 aromatic rings. The van der Waals surface area contributed by atoms with E-state index >= 15 is 0 Å². The van der Waals surface area contributed by atoms with E-state index in [0.29, 0.717) is 17.5 Å². The zero-order chi connectivity index (χ0) is 18.8. The highest BCUT2D eigenvalue weighted by Gasteiger charge is 2.30. The lowest BCUT2D eigenvalue weighted by Gasteiger charge is -2.33. The predicted octanol–water partition coefficient (Wildman–Crippen LogP) is 4.39. The van der Waals surface area contributed by atoms with E-state index in [0.717, 1.165) is 56.6 Å². The Morgan fingerprint density at radius 1 is 1.07 bits per heavy atom. The summed E-state index contributed by atoms with van der Waals surface area (Å²) < 4.78 is 13.0. The summed E-state index contributed by atoms with van der Waals surface area (Å²) in [6, 6.07) is 12.3. The van der Waals surface area contributed by atoms with Crippen molar-refractivity contribution in [3.63, 3.8) is 0 Å². The van der Waals surface area contributed by atoms with Gasteiger partial charge in [0.1, 0.15) is 5.82 Å². The van der Waals surface area contributed by atoms with E-state index in [9.17, 15) is 9.18 Å². The van der Waals surface area contributed by atoms with Crippen LogP contribution >= 0.6 is 11.6 Å². The molecular formula is C22H24ClFN2O. The van der Waals surface area contributed by atoms with Gasteiger partial charge in [0, 0.05) is 30.2 Å². The highest BCUT2D eigenvalue weighted by molar-refractivity contribution is 6.30. The fraction of sp³-hybridized carbons (Fsp3) is 0.409. The Hall–Kier alpha value is -1.91. The number of carbonyl (C=O) groups is 1. The highest BCUT2D eigenvalue weighted by atomic mass is 35.5. The summed E-state index contributed by atoms with van der Waals surface area (Å²) in [6.45, 7) is 4.64. The lowest BCUT2D eigenvalue weighted by atomic mass is 9.96. The summed E-state index contributed by atoms with van der Waals surface area (Å²) in [5.74, 6) is 0.515. The molecule has 2 heterocycles. The van der Waals surface area contributed by atoms with Gasteiger partial charge in [-0.3, -0.25) is 4.79 Å². The minimum Gasteiger partial charge on any atom is -0.334 e. The molecule has 0 N–H and O–H groups in total. The summed E-state index contributed by atoms with van der Waals surface area (Å²) >= 11 is 6.05. The molecule has 0 spiro atoms. The van der Waals surface area contributed by atoms with Crippen molar-refractivity contribution < 1.29 is 9.18 Å². The molecule has 1 saturated heterocycles. The van der Waals surface area contributed by atoms with Crippen molar-refractivity contribution in [1.82, 2.24) is 9.80 Å². The molecule has 0 bridgehead atoms. The summed E-state index contributed by atoms with van der Waals surface area (Å²) in [5, 5.41) is 0.692. The third kappa shape index (κ3) is 4.33. The second-order valence-corrected chi connectivity index (χ2v) is 8.09. The number of halogens is 2. The van der Waals surface area contributed by atoms with Crippen molar-refractivity contribution in [3.8, 4) is 0 Å². The first-order valence-electron chi connectivity index (χ1n) is 9.63. The summed E-state index contributed by atoms with van der Waals surface area (Å²) in [6.07, 6.45) is 3.18. The van der Waals surface area contributed by atoms with Crippen LogP contribution in [0.2, 0.25) is 5.02 Å². The summed E-state index contributed by atoms with van der Waals surface area (Å²) in [4.78, 5) is 17.0. The monoisotopic (exact) mass is 386 g/mol. The molecule has 142 valence electrons. The standard InChI is InChI=1S/C22H24ClFN2O/c23-19-3-6-21-18(13-19)15-26(22(21)27)14-17-8-11-25(12-9-17)10-7-16-1-4-20(24)5-2-16/h1-6,13,17H,7-12,14-15H2. The fourth-order valence-electron chi connectivity index (χ4n) is 4.14. The van der Waals surface area contributed by atoms with Gasteiger partial charge >= 0.3 is 0 Å². The first kappa shape index (κ1) is 18.5. The van der Waals surface area contributed by atoms with Gasteiger partial charge in [-0.1, -0.05) is 23.7 Å². The third-order valence-corrected chi connectivity index (χ3v) is 6.00. The molecule has 2 aromatic carbocycles. The van der Waals surface area contributed by atoms with E-state index < -0.39 is 0 Å². The van der Waals surface area contributed by atoms with Crippen LogP contribution in [0, 0.1) is 11.7 Å². The maximum absolute atomic E-state index is 13.0. The molecule has 2 aliphatic heterocycles. The average Bonchev–Trinajstić information content (AvgIpc) is 2.97. The molecule has 4 rings (SSSR count). The zero-order valence-corrected chi connectivity index (χ0v) is 16.1. The smallest absolute Gasteiger partial charge is 0.254 e. The van der Waals surface area contributed by atoms with E-state index in [2.05, 4.69) is 4.90 Å². The minimum absolute atomic E-state index is 0.139. The summed E-state index contributed by atoms with van der Waals surface area (Å²) in [7, 11) is 0. The molecular weight excluding hydrogens is 363 g/mol. The number of nitrogens with zero attached hydrogens (tertiary/aromatic N) is 2. The van der Waals surface area contributed by atoms with Gasteiger partial charge in [-0.2, -0.15) is 0 Å². The van der Waals surface area contributed by atoms with Crippen LogP contribution in [0.1, 0.15) is 34.3 Å². The van der Waals surface area contributed by atoms with Crippen molar-refractivity contribution in [2.75, 3.05) is 26.2 Å². The van der Waals surface area contributed by atoms with Crippen LogP contribution in [0.3, 0.4) is 0 Å². The van der Waals surface area contributed by atoms with Gasteiger partial charge in [-0.25, -0.2) is 4.39 Å². The number of carbonyl (C=O) groups excluding carboxylic acids is 1. The van der Waals surface area contributed by atoms with Gasteiger partial charge in [0.2, 0.25) is 0 Å². The van der Waals surface area contributed by atoms with E-state index in [1.165, 1.54) is 17.7 Å². The zero-order valence-electron chi connectivity index (χ0n) is 15.3. The summed E-state index contributed by atoms with van der Waals surface area (Å²) in [5.41, 5.74) is 3.03. The predicted molar refractivity (Wildman–Crippen MR) is 105 cm³/mol. The van der Waals surface area contributed by atoms with Crippen LogP contribution in [-0.2, 0) is 13.0 Å². The molecule has 2 aliphatic rings. The van der Waals surface area contributed by atoms with Gasteiger partial charge < -0.3 is 9.80 Å². The molecule has 27 heavy (non-hydrogen) atoms. The number of rotatable bonds is 5. The molecule has 1 fully saturated rings. The van der Waals surface area contributed by atoms with Crippen LogP contribution < -0.4 is 0 Å². The van der Waals surface area contributed by atoms with Crippen LogP contribution in [0.15, 0.2) is 42.5 Å². The van der Waals surface area contributed by atoms with Crippen molar-refractivity contribution in [3.05, 3.63) is 70.0 Å². The van der Waals surface area contributed by atoms with E-state index in [-0.39, 0.29) is 11.7 Å². The number of fused-ring (bicyclic) bond motifs is 1. The highest BCUT2D eigenvalue weighted by Crippen LogP contribution is 2.28. The number of likely N-dealkylation sites (tertiary alicyclic amines) is 1. The lowest BCUT2D eigenvalue weighted by Crippen LogP contribution is -2.39. The Kier molecular flexibility index (Phi) is 5.46. The van der Waals surface area contributed by atoms with Crippen LogP contribution in [0.4, 0.5) is 4.39 Å². The maximum atomic E-state index is 13.0. The molecule has 0 unspecified atom stereocenters. The van der Waals surface area contributed by atoms with Gasteiger partial charge in [-0.15, -0.1) is 0 Å². The molecule has 0 saturated carbocycles. The van der Waals surface area contributed by atoms with Crippen LogP contribution in [0.25, 0.3) is 0 Å². The first-order valence-corrected chi connectivity index (χ1v) is 10.0. The Morgan fingerprint density at radius 2 is 1.81 bits per heavy atom. The van der Waals surface area contributed by atoms with Gasteiger partial charge in [0.05, 0.1) is 0 Å². The SMILES string of the molecule is O=C1c2ccc(Cl)cc2CN1CC1CCN(CCc2ccc(F)cc2)CC1. The quantitative estimate of drug-likeness (QED) is 0.760. The van der Waals surface area contributed by atoms with Crippen molar-refractivity contribution in [1.29, 1.82) is 0 Å². The topological polar surface area (TPSA) is 23.6 Å². The number of hydrogen-bond donors (Lipinski definition) is 0. The molecule has 5 heteroatoms. The first-order chi connectivity index (χ1) is 13.1. The molecule has 0 aliphatic carbocycles. The lowest BCUT2D eigenvalue weighted by molar-refractivity contribution is 0.0714. The number of piperidine rings is 1. The van der Waals surface area contributed by atoms with Crippen molar-refractivity contribution in [2.24, 2.45) is 5.92 Å². The Morgan fingerprint density at radius 3 is 2.56 bits per heavy atom. The average molecular weight is 387 g/mol. The molecule has 0 atom stereocenters. The van der Waals surface area contributed by atoms with Crippen molar-refractivity contribution >= 4 is 17.5 Å². The second-order valence-electron chi connectivity index (χ2n) is 7.65. The molecule has 0 radical (unpaired) electrons. The Balaban J connectivity index is 1.24. The minimum atomic E-state index is -0.180. The van der Waals surface area contributed by atoms with Gasteiger partial charge in [-0.05, 0) is 79.7 Å². The largest absolute Gasteiger partial charge is 0.334 e. The molecule has 1 amide bonds. The van der Waals surface area contributed by atoms with Crippen molar-refractivity contribution in [2.45, 2.75) is 25.8 Å². The molecule has 3 nitrogen and oxygen atoms in total.